The van der Waals surface area contributed by atoms with E-state index in [4.69, 9.17) is 0 Å². The molecule has 0 saturated carbocycles. The van der Waals surface area contributed by atoms with Crippen molar-refractivity contribution in [2.24, 2.45) is 0 Å². The summed E-state index contributed by atoms with van der Waals surface area (Å²) in [5.74, 6) is -2.38. The van der Waals surface area contributed by atoms with Gasteiger partial charge in [0.25, 0.3) is 5.92 Å². The summed E-state index contributed by atoms with van der Waals surface area (Å²) in [6.45, 7) is 0. The van der Waals surface area contributed by atoms with E-state index in [1.165, 1.54) is 0 Å². The molecule has 2 fully saturated rings. The van der Waals surface area contributed by atoms with Crippen molar-refractivity contribution in [2.75, 3.05) is 0 Å². The lowest BCUT2D eigenvalue weighted by Crippen LogP contribution is -2.43. The van der Waals surface area contributed by atoms with Crippen molar-refractivity contribution >= 4 is 0 Å². The zero-order valence-electron chi connectivity index (χ0n) is 5.74. The summed E-state index contributed by atoms with van der Waals surface area (Å²) in [6, 6.07) is 0.211. The van der Waals surface area contributed by atoms with Gasteiger partial charge in [0.15, 0.2) is 0 Å². The van der Waals surface area contributed by atoms with Crippen LogP contribution >= 0.6 is 0 Å². The summed E-state index contributed by atoms with van der Waals surface area (Å²) in [6.07, 6.45) is 2.01. The van der Waals surface area contributed by atoms with E-state index in [2.05, 4.69) is 5.32 Å². The summed E-state index contributed by atoms with van der Waals surface area (Å²) < 4.78 is 25.4. The fraction of sp³-hybridized carbons (Fsp3) is 1.00. The van der Waals surface area contributed by atoms with Crippen molar-refractivity contribution in [3.63, 3.8) is 0 Å². The summed E-state index contributed by atoms with van der Waals surface area (Å²) in [4.78, 5) is 0. The normalized spacial score (nSPS) is 43.8. The Hall–Kier alpha value is -0.180. The molecule has 0 unspecified atom stereocenters. The molecule has 2 rings (SSSR count). The second-order valence-electron chi connectivity index (χ2n) is 3.40. The third-order valence-electron chi connectivity index (χ3n) is 2.43. The monoisotopic (exact) mass is 147 g/mol. The predicted molar refractivity (Wildman–Crippen MR) is 34.1 cm³/mol. The van der Waals surface area contributed by atoms with Gasteiger partial charge < -0.3 is 5.32 Å². The van der Waals surface area contributed by atoms with Crippen LogP contribution in [0.2, 0.25) is 0 Å². The van der Waals surface area contributed by atoms with Crippen molar-refractivity contribution in [1.82, 2.24) is 5.32 Å². The SMILES string of the molecule is FC1(F)C[C@@H]2CC[C@@H](C1)N2. The Morgan fingerprint density at radius 3 is 2.10 bits per heavy atom. The molecule has 2 saturated heterocycles. The zero-order chi connectivity index (χ0) is 7.19. The van der Waals surface area contributed by atoms with Gasteiger partial charge in [0, 0.05) is 24.9 Å². The number of alkyl halides is 2. The lowest BCUT2D eigenvalue weighted by molar-refractivity contribution is -0.0433. The summed E-state index contributed by atoms with van der Waals surface area (Å²) in [5.41, 5.74) is 0. The molecule has 2 aliphatic heterocycles. The fourth-order valence-corrected chi connectivity index (χ4v) is 2.03. The molecule has 2 heterocycles. The van der Waals surface area contributed by atoms with Gasteiger partial charge >= 0.3 is 0 Å². The molecule has 0 radical (unpaired) electrons. The number of rotatable bonds is 0. The molecule has 0 aromatic carbocycles. The molecule has 3 heteroatoms. The minimum Gasteiger partial charge on any atom is -0.311 e. The second-order valence-corrected chi connectivity index (χ2v) is 3.40. The standard InChI is InChI=1S/C7H11F2N/c8-7(9)3-5-1-2-6(4-7)10-5/h5-6,10H,1-4H2/t5-,6-/m0/s1. The van der Waals surface area contributed by atoms with Crippen LogP contribution in [-0.4, -0.2) is 18.0 Å². The maximum absolute atomic E-state index is 12.7. The summed E-state index contributed by atoms with van der Waals surface area (Å²) in [5, 5.41) is 3.17. The van der Waals surface area contributed by atoms with Crippen LogP contribution in [0.4, 0.5) is 8.78 Å². The molecule has 2 bridgehead atoms. The first-order valence-electron chi connectivity index (χ1n) is 3.80. The first kappa shape index (κ1) is 6.53. The molecule has 0 aromatic rings. The Bertz CT molecular complexity index is 133. The summed E-state index contributed by atoms with van der Waals surface area (Å²) >= 11 is 0. The maximum Gasteiger partial charge on any atom is 0.251 e. The molecule has 2 aliphatic rings. The molecule has 0 spiro atoms. The van der Waals surface area contributed by atoms with Crippen LogP contribution < -0.4 is 5.32 Å². The smallest absolute Gasteiger partial charge is 0.251 e. The molecular weight excluding hydrogens is 136 g/mol. The Kier molecular flexibility index (Phi) is 1.24. The highest BCUT2D eigenvalue weighted by molar-refractivity contribution is 4.95. The van der Waals surface area contributed by atoms with E-state index in [0.717, 1.165) is 12.8 Å². The minimum absolute atomic E-state index is 0.0590. The Labute approximate surface area is 58.8 Å². The van der Waals surface area contributed by atoms with Crippen LogP contribution in [-0.2, 0) is 0 Å². The minimum atomic E-state index is -2.38. The van der Waals surface area contributed by atoms with Crippen molar-refractivity contribution in [1.29, 1.82) is 0 Å². The average molecular weight is 147 g/mol. The van der Waals surface area contributed by atoms with Crippen molar-refractivity contribution in [3.8, 4) is 0 Å². The Morgan fingerprint density at radius 2 is 1.60 bits per heavy atom. The molecule has 2 atom stereocenters. The fourth-order valence-electron chi connectivity index (χ4n) is 2.03. The second kappa shape index (κ2) is 1.91. The van der Waals surface area contributed by atoms with E-state index < -0.39 is 5.92 Å². The van der Waals surface area contributed by atoms with Gasteiger partial charge in [0.1, 0.15) is 0 Å². The molecular formula is C7H11F2N. The predicted octanol–water partition coefficient (Wildman–Crippen LogP) is 1.54. The molecule has 1 N–H and O–H groups in total. The third-order valence-corrected chi connectivity index (χ3v) is 2.43. The highest BCUT2D eigenvalue weighted by Gasteiger charge is 2.44. The number of piperidine rings is 1. The van der Waals surface area contributed by atoms with Crippen LogP contribution in [0.3, 0.4) is 0 Å². The van der Waals surface area contributed by atoms with Gasteiger partial charge in [-0.3, -0.25) is 0 Å². The van der Waals surface area contributed by atoms with Gasteiger partial charge in [-0.1, -0.05) is 0 Å². The Morgan fingerprint density at radius 1 is 1.10 bits per heavy atom. The lowest BCUT2D eigenvalue weighted by atomic mass is 10.0. The zero-order valence-corrected chi connectivity index (χ0v) is 5.74. The number of nitrogens with one attached hydrogen (secondary N) is 1. The van der Waals surface area contributed by atoms with E-state index in [1.54, 1.807) is 0 Å². The number of hydrogen-bond acceptors (Lipinski definition) is 1. The van der Waals surface area contributed by atoms with Crippen molar-refractivity contribution in [2.45, 2.75) is 43.7 Å². The molecule has 0 amide bonds. The quantitative estimate of drug-likeness (QED) is 0.548. The van der Waals surface area contributed by atoms with Gasteiger partial charge in [-0.2, -0.15) is 0 Å². The van der Waals surface area contributed by atoms with Crippen LogP contribution in [0.15, 0.2) is 0 Å². The topological polar surface area (TPSA) is 12.0 Å². The van der Waals surface area contributed by atoms with Gasteiger partial charge in [-0.15, -0.1) is 0 Å². The highest BCUT2D eigenvalue weighted by Crippen LogP contribution is 2.37. The largest absolute Gasteiger partial charge is 0.311 e. The first-order valence-corrected chi connectivity index (χ1v) is 3.80. The van der Waals surface area contributed by atoms with Crippen LogP contribution in [0.1, 0.15) is 25.7 Å². The highest BCUT2D eigenvalue weighted by atomic mass is 19.3. The van der Waals surface area contributed by atoms with Crippen LogP contribution in [0, 0.1) is 0 Å². The molecule has 0 aliphatic carbocycles. The molecule has 10 heavy (non-hydrogen) atoms. The van der Waals surface area contributed by atoms with Gasteiger partial charge in [0.05, 0.1) is 0 Å². The van der Waals surface area contributed by atoms with E-state index in [-0.39, 0.29) is 24.9 Å². The molecule has 1 nitrogen and oxygen atoms in total. The van der Waals surface area contributed by atoms with E-state index in [9.17, 15) is 8.78 Å². The average Bonchev–Trinajstić information content (AvgIpc) is 2.08. The molecule has 58 valence electrons. The van der Waals surface area contributed by atoms with Crippen LogP contribution in [0.25, 0.3) is 0 Å². The van der Waals surface area contributed by atoms with Crippen molar-refractivity contribution < 1.29 is 8.78 Å². The molecule has 0 aromatic heterocycles. The Balaban J connectivity index is 2.09. The number of hydrogen-bond donors (Lipinski definition) is 1. The van der Waals surface area contributed by atoms with E-state index in [1.807, 2.05) is 0 Å². The van der Waals surface area contributed by atoms with Crippen molar-refractivity contribution in [3.05, 3.63) is 0 Å². The number of halogens is 2. The van der Waals surface area contributed by atoms with E-state index in [0.29, 0.717) is 0 Å². The number of fused-ring (bicyclic) bond motifs is 2. The lowest BCUT2D eigenvalue weighted by Gasteiger charge is -2.28. The van der Waals surface area contributed by atoms with Gasteiger partial charge in [0.2, 0.25) is 0 Å². The maximum atomic E-state index is 12.7. The third kappa shape index (κ3) is 1.03. The van der Waals surface area contributed by atoms with E-state index >= 15 is 0 Å². The van der Waals surface area contributed by atoms with Gasteiger partial charge in [-0.25, -0.2) is 8.78 Å². The van der Waals surface area contributed by atoms with Gasteiger partial charge in [-0.05, 0) is 12.8 Å². The van der Waals surface area contributed by atoms with Crippen LogP contribution in [0.5, 0.6) is 0 Å². The first-order chi connectivity index (χ1) is 4.66. The summed E-state index contributed by atoms with van der Waals surface area (Å²) in [7, 11) is 0.